The van der Waals surface area contributed by atoms with E-state index in [1.54, 1.807) is 11.3 Å². The van der Waals surface area contributed by atoms with Crippen molar-refractivity contribution in [2.75, 3.05) is 0 Å². The molecule has 0 spiro atoms. The van der Waals surface area contributed by atoms with E-state index in [0.717, 1.165) is 24.1 Å². The molecule has 1 unspecified atom stereocenters. The predicted molar refractivity (Wildman–Crippen MR) is 104 cm³/mol. The molecule has 1 atom stereocenters. The van der Waals surface area contributed by atoms with Gasteiger partial charge >= 0.3 is 0 Å². The van der Waals surface area contributed by atoms with Crippen LogP contribution in [0.4, 0.5) is 0 Å². The van der Waals surface area contributed by atoms with Crippen LogP contribution < -0.4 is 10.4 Å². The van der Waals surface area contributed by atoms with Crippen LogP contribution in [0.2, 0.25) is 0 Å². The summed E-state index contributed by atoms with van der Waals surface area (Å²) in [4.78, 5) is 13.7. The molecule has 0 radical (unpaired) electrons. The number of fused-ring (bicyclic) bond motifs is 5. The van der Waals surface area contributed by atoms with E-state index in [1.165, 1.54) is 32.7 Å². The zero-order valence-electron chi connectivity index (χ0n) is 13.9. The van der Waals surface area contributed by atoms with Crippen LogP contribution in [0, 0.1) is 5.92 Å². The third-order valence-electron chi connectivity index (χ3n) is 5.40. The first-order chi connectivity index (χ1) is 12.3. The van der Waals surface area contributed by atoms with Crippen molar-refractivity contribution in [3.8, 4) is 11.1 Å². The highest BCUT2D eigenvalue weighted by Crippen LogP contribution is 2.26. The van der Waals surface area contributed by atoms with Gasteiger partial charge in [-0.25, -0.2) is 0 Å². The second kappa shape index (κ2) is 5.82. The summed E-state index contributed by atoms with van der Waals surface area (Å²) in [5, 5.41) is 4.59. The van der Waals surface area contributed by atoms with E-state index in [9.17, 15) is 4.79 Å². The van der Waals surface area contributed by atoms with Crippen molar-refractivity contribution < 1.29 is 4.79 Å². The molecule has 0 fully saturated rings. The molecular formula is C23H18OS. The van der Waals surface area contributed by atoms with Gasteiger partial charge in [0.15, 0.2) is 5.78 Å². The van der Waals surface area contributed by atoms with Crippen LogP contribution in [-0.4, -0.2) is 5.78 Å². The Morgan fingerprint density at radius 3 is 2.72 bits per heavy atom. The molecule has 5 rings (SSSR count). The number of rotatable bonds is 2. The topological polar surface area (TPSA) is 17.1 Å². The molecule has 3 aromatic rings. The smallest absolute Gasteiger partial charge is 0.179 e. The van der Waals surface area contributed by atoms with E-state index in [-0.39, 0.29) is 11.7 Å². The molecule has 25 heavy (non-hydrogen) atoms. The molecule has 2 aliphatic rings. The number of aryl methyl sites for hydroxylation is 1. The van der Waals surface area contributed by atoms with Gasteiger partial charge in [-0.3, -0.25) is 4.79 Å². The van der Waals surface area contributed by atoms with Gasteiger partial charge in [0.2, 0.25) is 0 Å². The van der Waals surface area contributed by atoms with Crippen molar-refractivity contribution in [1.82, 2.24) is 0 Å². The normalized spacial score (nSPS) is 17.5. The molecule has 0 N–H and O–H groups in total. The maximum Gasteiger partial charge on any atom is 0.179 e. The van der Waals surface area contributed by atoms with Gasteiger partial charge in [0, 0.05) is 5.92 Å². The van der Waals surface area contributed by atoms with Crippen molar-refractivity contribution in [3.63, 3.8) is 0 Å². The summed E-state index contributed by atoms with van der Waals surface area (Å²) in [7, 11) is 0. The van der Waals surface area contributed by atoms with Crippen LogP contribution >= 0.6 is 11.3 Å². The monoisotopic (exact) mass is 342 g/mol. The highest BCUT2D eigenvalue weighted by Gasteiger charge is 2.23. The Labute approximate surface area is 151 Å². The second-order valence-electron chi connectivity index (χ2n) is 6.82. The molecule has 1 heterocycles. The Hall–Kier alpha value is -2.45. The first-order valence-electron chi connectivity index (χ1n) is 8.81. The second-order valence-corrected chi connectivity index (χ2v) is 7.77. The van der Waals surface area contributed by atoms with E-state index < -0.39 is 0 Å². The molecule has 0 bridgehead atoms. The number of carbonyl (C=O) groups is 1. The third kappa shape index (κ3) is 2.40. The van der Waals surface area contributed by atoms with Crippen LogP contribution in [-0.2, 0) is 12.8 Å². The number of hydrogen-bond donors (Lipinski definition) is 0. The van der Waals surface area contributed by atoms with Gasteiger partial charge < -0.3 is 0 Å². The third-order valence-corrected chi connectivity index (χ3v) is 6.29. The van der Waals surface area contributed by atoms with Gasteiger partial charge in [0.1, 0.15) is 0 Å². The zero-order chi connectivity index (χ0) is 16.8. The lowest BCUT2D eigenvalue weighted by Crippen LogP contribution is -2.36. The molecule has 1 nitrogen and oxygen atoms in total. The fourth-order valence-electron chi connectivity index (χ4n) is 4.13. The summed E-state index contributed by atoms with van der Waals surface area (Å²) in [5.41, 5.74) is 5.41. The highest BCUT2D eigenvalue weighted by atomic mass is 32.1. The van der Waals surface area contributed by atoms with Crippen molar-refractivity contribution in [1.29, 1.82) is 0 Å². The van der Waals surface area contributed by atoms with Gasteiger partial charge in [-0.15, -0.1) is 11.3 Å². The summed E-state index contributed by atoms with van der Waals surface area (Å²) in [5.74, 6) is 0.276. The van der Waals surface area contributed by atoms with Crippen molar-refractivity contribution in [3.05, 3.63) is 80.4 Å². The average molecular weight is 342 g/mol. The minimum Gasteiger partial charge on any atom is -0.293 e. The zero-order valence-corrected chi connectivity index (χ0v) is 14.7. The quantitative estimate of drug-likeness (QED) is 0.644. The van der Waals surface area contributed by atoms with E-state index >= 15 is 0 Å². The molecule has 0 amide bonds. The van der Waals surface area contributed by atoms with Crippen molar-refractivity contribution in [2.45, 2.75) is 19.3 Å². The van der Waals surface area contributed by atoms with E-state index in [1.807, 2.05) is 17.5 Å². The first kappa shape index (κ1) is 14.9. The first-order valence-corrected chi connectivity index (χ1v) is 9.69. The Balaban J connectivity index is 1.68. The number of thiophene rings is 1. The molecule has 2 heteroatoms. The van der Waals surface area contributed by atoms with Crippen molar-refractivity contribution >= 4 is 29.3 Å². The van der Waals surface area contributed by atoms with Gasteiger partial charge in [-0.1, -0.05) is 54.6 Å². The van der Waals surface area contributed by atoms with Crippen LogP contribution in [0.15, 0.2) is 53.9 Å². The van der Waals surface area contributed by atoms with E-state index in [2.05, 4.69) is 48.6 Å². The van der Waals surface area contributed by atoms with Crippen LogP contribution in [0.3, 0.4) is 0 Å². The number of ketones is 1. The predicted octanol–water partition coefficient (Wildman–Crippen LogP) is 3.98. The summed E-state index contributed by atoms with van der Waals surface area (Å²) in [6, 6.07) is 17.1. The number of benzene rings is 2. The van der Waals surface area contributed by atoms with E-state index in [4.69, 9.17) is 0 Å². The molecule has 0 saturated heterocycles. The summed E-state index contributed by atoms with van der Waals surface area (Å²) in [6.45, 7) is 0. The lowest BCUT2D eigenvalue weighted by Gasteiger charge is -2.21. The van der Waals surface area contributed by atoms with Crippen LogP contribution in [0.1, 0.15) is 27.2 Å². The number of Topliss-reactive ketones (excluding diaryl/α,β-unsaturated/α-hetero) is 1. The van der Waals surface area contributed by atoms with Crippen LogP contribution in [0.5, 0.6) is 0 Å². The van der Waals surface area contributed by atoms with Crippen molar-refractivity contribution in [2.24, 2.45) is 5.92 Å². The highest BCUT2D eigenvalue weighted by molar-refractivity contribution is 7.12. The standard InChI is InChI=1S/C23H18OS/c24-23(22-6-3-13-25-22)17-8-7-16-10-11-19-18-5-2-1-4-15(18)9-12-20(19)21(16)14-17/h1-6,10-14,17H,7-9H2. The Morgan fingerprint density at radius 2 is 1.84 bits per heavy atom. The summed E-state index contributed by atoms with van der Waals surface area (Å²) >= 11 is 1.55. The fraction of sp³-hybridized carbons (Fsp3) is 0.174. The van der Waals surface area contributed by atoms with Gasteiger partial charge in [-0.2, -0.15) is 0 Å². The van der Waals surface area contributed by atoms with Gasteiger partial charge in [0.25, 0.3) is 0 Å². The largest absolute Gasteiger partial charge is 0.293 e. The van der Waals surface area contributed by atoms with Crippen LogP contribution in [0.25, 0.3) is 23.3 Å². The SMILES string of the molecule is O=C(c1cccs1)C1C=c2c(ccc3c2=CCc2ccccc2-3)CC1. The minimum atomic E-state index is 0.00298. The van der Waals surface area contributed by atoms with Gasteiger partial charge in [0.05, 0.1) is 4.88 Å². The fourth-order valence-corrected chi connectivity index (χ4v) is 4.86. The molecule has 122 valence electrons. The summed E-state index contributed by atoms with van der Waals surface area (Å²) < 4.78 is 0. The Morgan fingerprint density at radius 1 is 0.920 bits per heavy atom. The molecule has 0 aliphatic heterocycles. The molecule has 1 aromatic heterocycles. The maximum atomic E-state index is 12.8. The molecule has 0 saturated carbocycles. The van der Waals surface area contributed by atoms with E-state index in [0.29, 0.717) is 0 Å². The number of hydrogen-bond acceptors (Lipinski definition) is 2. The summed E-state index contributed by atoms with van der Waals surface area (Å²) in [6.07, 6.45) is 7.43. The lowest BCUT2D eigenvalue weighted by atomic mass is 9.83. The Bertz CT molecular complexity index is 1090. The minimum absolute atomic E-state index is 0.00298. The molecule has 2 aromatic carbocycles. The number of carbonyl (C=O) groups excluding carboxylic acids is 1. The molecule has 2 aliphatic carbocycles. The van der Waals surface area contributed by atoms with Gasteiger partial charge in [-0.05, 0) is 63.4 Å². The average Bonchev–Trinajstić information content (AvgIpc) is 3.21. The molecular weight excluding hydrogens is 324 g/mol. The Kier molecular flexibility index (Phi) is 3.46. The lowest BCUT2D eigenvalue weighted by molar-refractivity contribution is 0.0951. The maximum absolute atomic E-state index is 12.8.